The van der Waals surface area contributed by atoms with Crippen LogP contribution in [-0.2, 0) is 11.3 Å². The van der Waals surface area contributed by atoms with Gasteiger partial charge in [-0.2, -0.15) is 0 Å². The standard InChI is InChI=1S/C18H21FN2O/c1-11-7-12(5-6-14(11)19)15-8-13-16(20-15)9-18(2,3)10-17(13)21-22-4/h5-8,20H,9-10H2,1-4H3. The van der Waals surface area contributed by atoms with Gasteiger partial charge in [0.15, 0.2) is 0 Å². The molecule has 2 aromatic rings. The van der Waals surface area contributed by atoms with Gasteiger partial charge in [0.25, 0.3) is 0 Å². The zero-order valence-corrected chi connectivity index (χ0v) is 13.5. The van der Waals surface area contributed by atoms with Gasteiger partial charge >= 0.3 is 0 Å². The van der Waals surface area contributed by atoms with E-state index in [1.165, 1.54) is 11.8 Å². The number of hydrogen-bond acceptors (Lipinski definition) is 2. The van der Waals surface area contributed by atoms with Gasteiger partial charge < -0.3 is 9.82 Å². The summed E-state index contributed by atoms with van der Waals surface area (Å²) in [5.74, 6) is -0.178. The van der Waals surface area contributed by atoms with E-state index in [2.05, 4.69) is 30.1 Å². The van der Waals surface area contributed by atoms with Gasteiger partial charge in [-0.25, -0.2) is 4.39 Å². The largest absolute Gasteiger partial charge is 0.399 e. The molecule has 3 rings (SSSR count). The predicted octanol–water partition coefficient (Wildman–Crippen LogP) is 4.45. The Bertz CT molecular complexity index is 744. The lowest BCUT2D eigenvalue weighted by atomic mass is 9.76. The van der Waals surface area contributed by atoms with E-state index in [0.717, 1.165) is 35.4 Å². The number of H-pyrrole nitrogens is 1. The minimum absolute atomic E-state index is 0.144. The zero-order valence-electron chi connectivity index (χ0n) is 13.5. The fraction of sp³-hybridized carbons (Fsp3) is 0.389. The Kier molecular flexibility index (Phi) is 3.55. The molecule has 0 aliphatic heterocycles. The van der Waals surface area contributed by atoms with Crippen molar-refractivity contribution < 1.29 is 9.23 Å². The highest BCUT2D eigenvalue weighted by Crippen LogP contribution is 2.37. The van der Waals surface area contributed by atoms with E-state index in [1.807, 2.05) is 6.07 Å². The summed E-state index contributed by atoms with van der Waals surface area (Å²) in [5, 5.41) is 4.20. The number of nitrogens with one attached hydrogen (secondary N) is 1. The summed E-state index contributed by atoms with van der Waals surface area (Å²) >= 11 is 0. The minimum Gasteiger partial charge on any atom is -0.399 e. The van der Waals surface area contributed by atoms with E-state index in [9.17, 15) is 4.39 Å². The van der Waals surface area contributed by atoms with Crippen molar-refractivity contribution in [3.63, 3.8) is 0 Å². The van der Waals surface area contributed by atoms with Gasteiger partial charge in [0.1, 0.15) is 12.9 Å². The molecule has 0 radical (unpaired) electrons. The topological polar surface area (TPSA) is 37.4 Å². The van der Waals surface area contributed by atoms with E-state index in [4.69, 9.17) is 4.84 Å². The normalized spacial score (nSPS) is 18.3. The first-order chi connectivity index (χ1) is 10.4. The monoisotopic (exact) mass is 300 g/mol. The fourth-order valence-electron chi connectivity index (χ4n) is 3.14. The van der Waals surface area contributed by atoms with Crippen molar-refractivity contribution >= 4 is 5.71 Å². The van der Waals surface area contributed by atoms with Crippen LogP contribution in [0.25, 0.3) is 11.3 Å². The van der Waals surface area contributed by atoms with E-state index in [0.29, 0.717) is 5.56 Å². The van der Waals surface area contributed by atoms with Crippen LogP contribution >= 0.6 is 0 Å². The average molecular weight is 300 g/mol. The summed E-state index contributed by atoms with van der Waals surface area (Å²) in [4.78, 5) is 8.49. The Hall–Kier alpha value is -2.10. The highest BCUT2D eigenvalue weighted by atomic mass is 19.1. The molecule has 1 N–H and O–H groups in total. The minimum atomic E-state index is -0.178. The molecule has 1 aromatic heterocycles. The summed E-state index contributed by atoms with van der Waals surface area (Å²) in [5.41, 5.74) is 6.02. The Balaban J connectivity index is 2.07. The summed E-state index contributed by atoms with van der Waals surface area (Å²) in [7, 11) is 1.57. The fourth-order valence-corrected chi connectivity index (χ4v) is 3.14. The second-order valence-corrected chi connectivity index (χ2v) is 6.78. The van der Waals surface area contributed by atoms with Gasteiger partial charge in [-0.05, 0) is 60.6 Å². The summed E-state index contributed by atoms with van der Waals surface area (Å²) < 4.78 is 13.5. The van der Waals surface area contributed by atoms with E-state index < -0.39 is 0 Å². The maximum atomic E-state index is 13.5. The molecule has 1 heterocycles. The molecule has 0 amide bonds. The van der Waals surface area contributed by atoms with Gasteiger partial charge in [0.2, 0.25) is 0 Å². The van der Waals surface area contributed by atoms with Crippen LogP contribution in [0, 0.1) is 18.2 Å². The SMILES string of the molecule is CON=C1CC(C)(C)Cc2[nH]c(-c3ccc(F)c(C)c3)cc21. The lowest BCUT2D eigenvalue weighted by Crippen LogP contribution is -2.27. The number of nitrogens with zero attached hydrogens (tertiary/aromatic N) is 1. The second kappa shape index (κ2) is 5.27. The van der Waals surface area contributed by atoms with E-state index in [1.54, 1.807) is 20.1 Å². The number of hydrogen-bond donors (Lipinski definition) is 1. The van der Waals surface area contributed by atoms with Crippen molar-refractivity contribution in [3.05, 3.63) is 46.9 Å². The molecule has 4 heteroatoms. The van der Waals surface area contributed by atoms with Gasteiger partial charge in [0, 0.05) is 17.0 Å². The molecule has 3 nitrogen and oxygen atoms in total. The maximum absolute atomic E-state index is 13.5. The number of fused-ring (bicyclic) bond motifs is 1. The summed E-state index contributed by atoms with van der Waals surface area (Å²) in [6.07, 6.45) is 1.85. The van der Waals surface area contributed by atoms with Gasteiger partial charge in [-0.1, -0.05) is 19.0 Å². The first-order valence-electron chi connectivity index (χ1n) is 7.48. The van der Waals surface area contributed by atoms with Crippen LogP contribution in [-0.4, -0.2) is 17.8 Å². The number of oxime groups is 1. The Morgan fingerprint density at radius 2 is 2.00 bits per heavy atom. The van der Waals surface area contributed by atoms with Crippen LogP contribution in [0.1, 0.15) is 37.1 Å². The zero-order chi connectivity index (χ0) is 15.9. The average Bonchev–Trinajstić information content (AvgIpc) is 2.84. The van der Waals surface area contributed by atoms with Crippen LogP contribution in [0.5, 0.6) is 0 Å². The molecule has 0 saturated heterocycles. The molecule has 0 unspecified atom stereocenters. The molecule has 0 saturated carbocycles. The second-order valence-electron chi connectivity index (χ2n) is 6.78. The number of benzene rings is 1. The summed E-state index contributed by atoms with van der Waals surface area (Å²) in [6, 6.07) is 7.27. The van der Waals surface area contributed by atoms with Crippen molar-refractivity contribution in [1.82, 2.24) is 4.98 Å². The third-order valence-electron chi connectivity index (χ3n) is 4.18. The molecular weight excluding hydrogens is 279 g/mol. The van der Waals surface area contributed by atoms with Crippen molar-refractivity contribution in [2.75, 3.05) is 7.11 Å². The van der Waals surface area contributed by atoms with Gasteiger partial charge in [-0.15, -0.1) is 0 Å². The van der Waals surface area contributed by atoms with Crippen molar-refractivity contribution in [3.8, 4) is 11.3 Å². The molecule has 0 bridgehead atoms. The molecular formula is C18H21FN2O. The molecule has 1 aromatic carbocycles. The van der Waals surface area contributed by atoms with Crippen molar-refractivity contribution in [1.29, 1.82) is 0 Å². The van der Waals surface area contributed by atoms with Crippen molar-refractivity contribution in [2.24, 2.45) is 10.6 Å². The van der Waals surface area contributed by atoms with Crippen LogP contribution in [0.4, 0.5) is 4.39 Å². The van der Waals surface area contributed by atoms with Gasteiger partial charge in [0.05, 0.1) is 5.71 Å². The van der Waals surface area contributed by atoms with Crippen LogP contribution in [0.15, 0.2) is 29.4 Å². The highest BCUT2D eigenvalue weighted by molar-refractivity contribution is 6.03. The van der Waals surface area contributed by atoms with Crippen molar-refractivity contribution in [2.45, 2.75) is 33.6 Å². The van der Waals surface area contributed by atoms with Gasteiger partial charge in [-0.3, -0.25) is 0 Å². The number of rotatable bonds is 2. The van der Waals surface area contributed by atoms with Crippen LogP contribution in [0.3, 0.4) is 0 Å². The Morgan fingerprint density at radius 3 is 2.68 bits per heavy atom. The molecule has 0 spiro atoms. The van der Waals surface area contributed by atoms with Crippen LogP contribution < -0.4 is 0 Å². The lowest BCUT2D eigenvalue weighted by Gasteiger charge is -2.29. The maximum Gasteiger partial charge on any atom is 0.126 e. The molecule has 22 heavy (non-hydrogen) atoms. The number of aryl methyl sites for hydroxylation is 1. The first kappa shape index (κ1) is 14.8. The highest BCUT2D eigenvalue weighted by Gasteiger charge is 2.31. The van der Waals surface area contributed by atoms with E-state index >= 15 is 0 Å². The third kappa shape index (κ3) is 2.65. The van der Waals surface area contributed by atoms with Crippen LogP contribution in [0.2, 0.25) is 0 Å². The molecule has 1 aliphatic carbocycles. The number of aromatic amines is 1. The quantitative estimate of drug-likeness (QED) is 0.817. The Morgan fingerprint density at radius 1 is 1.23 bits per heavy atom. The molecule has 1 aliphatic rings. The third-order valence-corrected chi connectivity index (χ3v) is 4.18. The first-order valence-corrected chi connectivity index (χ1v) is 7.48. The molecule has 116 valence electrons. The lowest BCUT2D eigenvalue weighted by molar-refractivity contribution is 0.210. The number of aromatic nitrogens is 1. The van der Waals surface area contributed by atoms with E-state index in [-0.39, 0.29) is 11.2 Å². The predicted molar refractivity (Wildman–Crippen MR) is 86.6 cm³/mol. The summed E-state index contributed by atoms with van der Waals surface area (Å²) in [6.45, 7) is 6.23. The number of halogens is 1. The Labute approximate surface area is 130 Å². The molecule has 0 atom stereocenters. The molecule has 0 fully saturated rings. The smallest absolute Gasteiger partial charge is 0.126 e.